The molecule has 0 saturated heterocycles. The molecular formula is C36H55N3O4. The van der Waals surface area contributed by atoms with E-state index in [1.807, 2.05) is 76.2 Å². The Kier molecular flexibility index (Phi) is 13.7. The van der Waals surface area contributed by atoms with Crippen molar-refractivity contribution in [1.29, 1.82) is 0 Å². The Labute approximate surface area is 260 Å². The first-order valence-electron chi connectivity index (χ1n) is 15.9. The van der Waals surface area contributed by atoms with Crippen LogP contribution in [0.3, 0.4) is 0 Å². The van der Waals surface area contributed by atoms with Gasteiger partial charge >= 0.3 is 6.09 Å². The molecule has 0 bridgehead atoms. The maximum Gasteiger partial charge on any atom is 0.408 e. The monoisotopic (exact) mass is 593 g/mol. The number of hydrogen-bond donors (Lipinski definition) is 2. The number of hydrogen-bond acceptors (Lipinski definition) is 4. The van der Waals surface area contributed by atoms with Crippen molar-refractivity contribution < 1.29 is 19.1 Å². The summed E-state index contributed by atoms with van der Waals surface area (Å²) in [5, 5.41) is 6.07. The number of carbonyl (C=O) groups excluding carboxylic acids is 3. The number of benzene rings is 2. The van der Waals surface area contributed by atoms with Crippen LogP contribution in [0.15, 0.2) is 48.5 Å². The van der Waals surface area contributed by atoms with Gasteiger partial charge in [0.2, 0.25) is 11.8 Å². The summed E-state index contributed by atoms with van der Waals surface area (Å²) in [5.41, 5.74) is 2.90. The fraction of sp³-hybridized carbons (Fsp3) is 0.583. The summed E-state index contributed by atoms with van der Waals surface area (Å²) in [4.78, 5) is 43.9. The van der Waals surface area contributed by atoms with Crippen molar-refractivity contribution >= 4 is 17.9 Å². The highest BCUT2D eigenvalue weighted by Gasteiger charge is 2.40. The molecule has 7 nitrogen and oxygen atoms in total. The Morgan fingerprint density at radius 3 is 2.12 bits per heavy atom. The molecule has 0 aliphatic rings. The molecule has 0 saturated carbocycles. The summed E-state index contributed by atoms with van der Waals surface area (Å²) in [7, 11) is 0. The summed E-state index contributed by atoms with van der Waals surface area (Å²) >= 11 is 0. The average Bonchev–Trinajstić information content (AvgIpc) is 2.90. The summed E-state index contributed by atoms with van der Waals surface area (Å²) in [6.45, 7) is 19.8. The van der Waals surface area contributed by atoms with Crippen LogP contribution in [0.25, 0.3) is 0 Å². The molecule has 238 valence electrons. The lowest BCUT2D eigenvalue weighted by Gasteiger charge is -2.40. The van der Waals surface area contributed by atoms with E-state index in [4.69, 9.17) is 4.74 Å². The standard InChI is InChI=1S/C36H55N3O4/c1-11-15-27(6)37-33(40)32(30-22-25(4)19-20-26(30)5)39(28(7)21-18-24(2)3)34(41)31(23-29-16-13-12-14-17-29)38-35(42)43-36(8,9)10/h12-14,16-17,19-20,22,24,27-28,31-32H,11,15,18,21,23H2,1-10H3,(H,37,40)(H,38,42). The number of alkyl carbamates (subject to hydrolysis) is 1. The Morgan fingerprint density at radius 2 is 1.53 bits per heavy atom. The molecule has 0 aromatic heterocycles. The third-order valence-electron chi connectivity index (χ3n) is 7.53. The van der Waals surface area contributed by atoms with Crippen LogP contribution in [-0.2, 0) is 20.7 Å². The fourth-order valence-electron chi connectivity index (χ4n) is 5.29. The number of carbonyl (C=O) groups is 3. The van der Waals surface area contributed by atoms with Crippen LogP contribution in [0.4, 0.5) is 4.79 Å². The van der Waals surface area contributed by atoms with Gasteiger partial charge in [-0.3, -0.25) is 9.59 Å². The van der Waals surface area contributed by atoms with E-state index in [0.717, 1.165) is 41.5 Å². The third-order valence-corrected chi connectivity index (χ3v) is 7.53. The van der Waals surface area contributed by atoms with Gasteiger partial charge in [0, 0.05) is 18.5 Å². The first-order valence-corrected chi connectivity index (χ1v) is 15.9. The third kappa shape index (κ3) is 11.7. The molecule has 0 radical (unpaired) electrons. The lowest BCUT2D eigenvalue weighted by atomic mass is 9.92. The highest BCUT2D eigenvalue weighted by Crippen LogP contribution is 2.31. The molecule has 2 aromatic rings. The van der Waals surface area contributed by atoms with Crippen LogP contribution in [-0.4, -0.2) is 46.5 Å². The molecule has 0 fully saturated rings. The molecule has 2 aromatic carbocycles. The number of aryl methyl sites for hydroxylation is 2. The molecule has 2 N–H and O–H groups in total. The molecule has 43 heavy (non-hydrogen) atoms. The molecule has 4 unspecified atom stereocenters. The van der Waals surface area contributed by atoms with Gasteiger partial charge in [0.1, 0.15) is 17.7 Å². The highest BCUT2D eigenvalue weighted by atomic mass is 16.6. The van der Waals surface area contributed by atoms with E-state index >= 15 is 0 Å². The minimum Gasteiger partial charge on any atom is -0.444 e. The minimum absolute atomic E-state index is 0.0481. The van der Waals surface area contributed by atoms with Crippen molar-refractivity contribution in [3.8, 4) is 0 Å². The summed E-state index contributed by atoms with van der Waals surface area (Å²) in [6, 6.07) is 13.5. The maximum atomic E-state index is 14.8. The Morgan fingerprint density at radius 1 is 0.884 bits per heavy atom. The Bertz CT molecular complexity index is 1190. The average molecular weight is 594 g/mol. The van der Waals surface area contributed by atoms with Crippen LogP contribution < -0.4 is 10.6 Å². The lowest BCUT2D eigenvalue weighted by molar-refractivity contribution is -0.145. The zero-order valence-corrected chi connectivity index (χ0v) is 28.1. The van der Waals surface area contributed by atoms with Crippen molar-refractivity contribution in [2.45, 2.75) is 131 Å². The van der Waals surface area contributed by atoms with Crippen LogP contribution in [0.5, 0.6) is 0 Å². The number of amides is 3. The number of ether oxygens (including phenoxy) is 1. The van der Waals surface area contributed by atoms with Gasteiger partial charge in [0.25, 0.3) is 0 Å². The molecule has 7 heteroatoms. The SMILES string of the molecule is CCCC(C)NC(=O)C(c1cc(C)ccc1C)N(C(=O)C(Cc1ccccc1)NC(=O)OC(C)(C)C)C(C)CCC(C)C. The summed E-state index contributed by atoms with van der Waals surface area (Å²) < 4.78 is 5.58. The Hall–Kier alpha value is -3.35. The predicted molar refractivity (Wildman–Crippen MR) is 175 cm³/mol. The van der Waals surface area contributed by atoms with E-state index < -0.39 is 23.8 Å². The van der Waals surface area contributed by atoms with Gasteiger partial charge < -0.3 is 20.3 Å². The zero-order valence-electron chi connectivity index (χ0n) is 28.1. The van der Waals surface area contributed by atoms with E-state index in [9.17, 15) is 14.4 Å². The van der Waals surface area contributed by atoms with Gasteiger partial charge in [-0.15, -0.1) is 0 Å². The van der Waals surface area contributed by atoms with Crippen molar-refractivity contribution in [2.24, 2.45) is 5.92 Å². The zero-order chi connectivity index (χ0) is 32.3. The van der Waals surface area contributed by atoms with Crippen molar-refractivity contribution in [1.82, 2.24) is 15.5 Å². The molecule has 3 amide bonds. The van der Waals surface area contributed by atoms with E-state index in [1.54, 1.807) is 25.7 Å². The molecule has 2 rings (SSSR count). The molecule has 0 heterocycles. The number of rotatable bonds is 14. The van der Waals surface area contributed by atoms with Crippen molar-refractivity contribution in [2.75, 3.05) is 0 Å². The van der Waals surface area contributed by atoms with Gasteiger partial charge in [0.15, 0.2) is 0 Å². The van der Waals surface area contributed by atoms with Gasteiger partial charge in [-0.05, 0) is 90.3 Å². The van der Waals surface area contributed by atoms with E-state index in [-0.39, 0.29) is 30.3 Å². The van der Waals surface area contributed by atoms with Gasteiger partial charge in [-0.1, -0.05) is 81.3 Å². The molecule has 0 spiro atoms. The summed E-state index contributed by atoms with van der Waals surface area (Å²) in [5.74, 6) is -0.0951. The van der Waals surface area contributed by atoms with Crippen LogP contribution in [0.1, 0.15) is 109 Å². The predicted octanol–water partition coefficient (Wildman–Crippen LogP) is 7.44. The second kappa shape index (κ2) is 16.5. The number of nitrogens with one attached hydrogen (secondary N) is 2. The minimum atomic E-state index is -0.938. The molecule has 4 atom stereocenters. The maximum absolute atomic E-state index is 14.8. The van der Waals surface area contributed by atoms with E-state index in [1.165, 1.54) is 0 Å². The van der Waals surface area contributed by atoms with Gasteiger partial charge in [-0.2, -0.15) is 0 Å². The van der Waals surface area contributed by atoms with Crippen LogP contribution in [0.2, 0.25) is 0 Å². The fourth-order valence-corrected chi connectivity index (χ4v) is 5.29. The summed E-state index contributed by atoms with van der Waals surface area (Å²) in [6.07, 6.45) is 2.97. The second-order valence-corrected chi connectivity index (χ2v) is 13.4. The highest BCUT2D eigenvalue weighted by molar-refractivity contribution is 5.93. The van der Waals surface area contributed by atoms with Crippen molar-refractivity contribution in [3.05, 3.63) is 70.8 Å². The largest absolute Gasteiger partial charge is 0.444 e. The smallest absolute Gasteiger partial charge is 0.408 e. The first kappa shape index (κ1) is 35.8. The van der Waals surface area contributed by atoms with Crippen LogP contribution >= 0.6 is 0 Å². The van der Waals surface area contributed by atoms with E-state index in [0.29, 0.717) is 12.3 Å². The second-order valence-electron chi connectivity index (χ2n) is 13.4. The molecule has 0 aliphatic heterocycles. The first-order chi connectivity index (χ1) is 20.1. The normalized spacial score (nSPS) is 14.4. The Balaban J connectivity index is 2.70. The topological polar surface area (TPSA) is 87.7 Å². The lowest BCUT2D eigenvalue weighted by Crippen LogP contribution is -2.56. The van der Waals surface area contributed by atoms with Crippen molar-refractivity contribution in [3.63, 3.8) is 0 Å². The number of nitrogens with zero attached hydrogens (tertiary/aromatic N) is 1. The van der Waals surface area contributed by atoms with Crippen LogP contribution in [0, 0.1) is 19.8 Å². The van der Waals surface area contributed by atoms with Gasteiger partial charge in [-0.25, -0.2) is 4.79 Å². The van der Waals surface area contributed by atoms with E-state index in [2.05, 4.69) is 31.4 Å². The quantitative estimate of drug-likeness (QED) is 0.238. The molecular weight excluding hydrogens is 538 g/mol. The molecule has 0 aliphatic carbocycles. The van der Waals surface area contributed by atoms with Gasteiger partial charge in [0.05, 0.1) is 0 Å².